The predicted octanol–water partition coefficient (Wildman–Crippen LogP) is 3.56. The lowest BCUT2D eigenvalue weighted by Gasteiger charge is -2.11. The summed E-state index contributed by atoms with van der Waals surface area (Å²) in [6.07, 6.45) is 2.16. The van der Waals surface area contributed by atoms with Crippen LogP contribution in [-0.4, -0.2) is 11.9 Å². The highest BCUT2D eigenvalue weighted by Gasteiger charge is 2.10. The van der Waals surface area contributed by atoms with Gasteiger partial charge in [-0.2, -0.15) is 0 Å². The van der Waals surface area contributed by atoms with Gasteiger partial charge in [-0.05, 0) is 40.5 Å². The molecule has 1 amide bonds. The number of benzene rings is 1. The summed E-state index contributed by atoms with van der Waals surface area (Å²) in [6.45, 7) is 2.05. The van der Waals surface area contributed by atoms with Crippen LogP contribution in [0.2, 0.25) is 5.02 Å². The van der Waals surface area contributed by atoms with Crippen LogP contribution in [0.25, 0.3) is 0 Å². The van der Waals surface area contributed by atoms with Gasteiger partial charge in [0.2, 0.25) is 5.91 Å². The lowest BCUT2D eigenvalue weighted by atomic mass is 10.1. The summed E-state index contributed by atoms with van der Waals surface area (Å²) in [5, 5.41) is 3.37. The molecule has 0 aliphatic rings. The molecule has 1 rings (SSSR count). The molecule has 0 aliphatic heterocycles. The number of anilines is 1. The number of hydrogen-bond acceptors (Lipinski definition) is 2. The van der Waals surface area contributed by atoms with E-state index in [1.807, 2.05) is 6.92 Å². The summed E-state index contributed by atoms with van der Waals surface area (Å²) in [5.74, 6) is -0.0890. The van der Waals surface area contributed by atoms with Gasteiger partial charge in [0.05, 0.1) is 5.69 Å². The van der Waals surface area contributed by atoms with Crippen molar-refractivity contribution in [3.8, 4) is 0 Å². The number of amides is 1. The van der Waals surface area contributed by atoms with E-state index in [0.717, 1.165) is 17.3 Å². The van der Waals surface area contributed by atoms with E-state index in [-0.39, 0.29) is 11.9 Å². The third-order valence-corrected chi connectivity index (χ3v) is 3.24. The van der Waals surface area contributed by atoms with Crippen molar-refractivity contribution in [2.45, 2.75) is 32.2 Å². The van der Waals surface area contributed by atoms with Gasteiger partial charge in [0.15, 0.2) is 0 Å². The third-order valence-electron chi connectivity index (χ3n) is 2.31. The van der Waals surface area contributed by atoms with Crippen LogP contribution < -0.4 is 11.1 Å². The maximum Gasteiger partial charge on any atom is 0.225 e. The van der Waals surface area contributed by atoms with Gasteiger partial charge in [-0.3, -0.25) is 4.79 Å². The molecule has 1 aromatic carbocycles. The molecule has 1 unspecified atom stereocenters. The quantitative estimate of drug-likeness (QED) is 0.872. The Labute approximate surface area is 115 Å². The van der Waals surface area contributed by atoms with Gasteiger partial charge in [-0.1, -0.05) is 24.9 Å². The molecular weight excluding hydrogens is 304 g/mol. The molecule has 0 saturated heterocycles. The van der Waals surface area contributed by atoms with Crippen molar-refractivity contribution < 1.29 is 4.79 Å². The zero-order chi connectivity index (χ0) is 12.8. The van der Waals surface area contributed by atoms with Crippen molar-refractivity contribution in [3.05, 3.63) is 27.7 Å². The smallest absolute Gasteiger partial charge is 0.225 e. The number of carbonyl (C=O) groups is 1. The highest BCUT2D eigenvalue weighted by molar-refractivity contribution is 9.10. The molecule has 0 aromatic heterocycles. The monoisotopic (exact) mass is 318 g/mol. The van der Waals surface area contributed by atoms with E-state index >= 15 is 0 Å². The zero-order valence-electron chi connectivity index (χ0n) is 9.67. The number of carbonyl (C=O) groups excluding carboxylic acids is 1. The number of nitrogens with one attached hydrogen (secondary N) is 1. The topological polar surface area (TPSA) is 55.1 Å². The molecule has 0 saturated carbocycles. The van der Waals surface area contributed by atoms with E-state index in [0.29, 0.717) is 17.1 Å². The van der Waals surface area contributed by atoms with E-state index in [9.17, 15) is 4.79 Å². The molecule has 0 spiro atoms. The Kier molecular flexibility index (Phi) is 5.95. The molecule has 5 heteroatoms. The third kappa shape index (κ3) is 5.06. The number of hydrogen-bond donors (Lipinski definition) is 2. The molecule has 3 N–H and O–H groups in total. The Bertz CT molecular complexity index is 398. The van der Waals surface area contributed by atoms with Crippen molar-refractivity contribution in [1.29, 1.82) is 0 Å². The second-order valence-electron chi connectivity index (χ2n) is 3.93. The highest BCUT2D eigenvalue weighted by Crippen LogP contribution is 2.26. The van der Waals surface area contributed by atoms with Crippen LogP contribution >= 0.6 is 27.5 Å². The molecule has 0 bridgehead atoms. The summed E-state index contributed by atoms with van der Waals surface area (Å²) in [6, 6.07) is 5.17. The molecule has 0 aliphatic carbocycles. The first-order valence-corrected chi connectivity index (χ1v) is 6.70. The van der Waals surface area contributed by atoms with Crippen LogP contribution in [0.1, 0.15) is 26.2 Å². The summed E-state index contributed by atoms with van der Waals surface area (Å²) in [5.41, 5.74) is 6.48. The summed E-state index contributed by atoms with van der Waals surface area (Å²) >= 11 is 9.21. The van der Waals surface area contributed by atoms with Gasteiger partial charge in [0.25, 0.3) is 0 Å². The number of nitrogens with two attached hydrogens (primary N) is 1. The van der Waals surface area contributed by atoms with E-state index < -0.39 is 0 Å². The van der Waals surface area contributed by atoms with Crippen molar-refractivity contribution in [2.75, 3.05) is 5.32 Å². The van der Waals surface area contributed by atoms with E-state index in [1.165, 1.54) is 0 Å². The van der Waals surface area contributed by atoms with Crippen molar-refractivity contribution in [2.24, 2.45) is 5.73 Å². The standard InChI is InChI=1S/C12H16BrClN2O/c1-2-3-9(15)7-12(17)16-11-6-8(14)4-5-10(11)13/h4-6,9H,2-3,7,15H2,1H3,(H,16,17). The van der Waals surface area contributed by atoms with Crippen LogP contribution in [0.5, 0.6) is 0 Å². The molecule has 0 fully saturated rings. The molecule has 94 valence electrons. The average molecular weight is 320 g/mol. The van der Waals surface area contributed by atoms with Crippen LogP contribution in [-0.2, 0) is 4.79 Å². The Hall–Kier alpha value is -0.580. The van der Waals surface area contributed by atoms with E-state index in [2.05, 4.69) is 21.2 Å². The van der Waals surface area contributed by atoms with Crippen LogP contribution in [0.4, 0.5) is 5.69 Å². The number of rotatable bonds is 5. The second kappa shape index (κ2) is 6.99. The van der Waals surface area contributed by atoms with E-state index in [4.69, 9.17) is 17.3 Å². The average Bonchev–Trinajstić information content (AvgIpc) is 2.23. The lowest BCUT2D eigenvalue weighted by molar-refractivity contribution is -0.116. The molecule has 3 nitrogen and oxygen atoms in total. The minimum absolute atomic E-state index is 0.0852. The fourth-order valence-electron chi connectivity index (χ4n) is 1.51. The summed E-state index contributed by atoms with van der Waals surface area (Å²) in [4.78, 5) is 11.7. The van der Waals surface area contributed by atoms with Gasteiger partial charge in [0.1, 0.15) is 0 Å². The molecular formula is C12H16BrClN2O. The van der Waals surface area contributed by atoms with Gasteiger partial charge in [0, 0.05) is 22.0 Å². The SMILES string of the molecule is CCCC(N)CC(=O)Nc1cc(Cl)ccc1Br. The van der Waals surface area contributed by atoms with Crippen molar-refractivity contribution in [1.82, 2.24) is 0 Å². The van der Waals surface area contributed by atoms with Gasteiger partial charge in [-0.25, -0.2) is 0 Å². The van der Waals surface area contributed by atoms with Crippen LogP contribution in [0.15, 0.2) is 22.7 Å². The highest BCUT2D eigenvalue weighted by atomic mass is 79.9. The first-order valence-electron chi connectivity index (χ1n) is 5.53. The molecule has 17 heavy (non-hydrogen) atoms. The Balaban J connectivity index is 2.58. The normalized spacial score (nSPS) is 12.2. The predicted molar refractivity (Wildman–Crippen MR) is 75.3 cm³/mol. The Morgan fingerprint density at radius 1 is 1.59 bits per heavy atom. The maximum atomic E-state index is 11.7. The Morgan fingerprint density at radius 3 is 2.94 bits per heavy atom. The molecule has 0 radical (unpaired) electrons. The van der Waals surface area contributed by atoms with E-state index in [1.54, 1.807) is 18.2 Å². The fourth-order valence-corrected chi connectivity index (χ4v) is 2.02. The fraction of sp³-hybridized carbons (Fsp3) is 0.417. The van der Waals surface area contributed by atoms with Crippen LogP contribution in [0, 0.1) is 0 Å². The first kappa shape index (κ1) is 14.5. The van der Waals surface area contributed by atoms with Gasteiger partial charge >= 0.3 is 0 Å². The van der Waals surface area contributed by atoms with Gasteiger partial charge < -0.3 is 11.1 Å². The minimum atomic E-state index is -0.0890. The first-order chi connectivity index (χ1) is 8.02. The summed E-state index contributed by atoms with van der Waals surface area (Å²) in [7, 11) is 0. The molecule has 1 atom stereocenters. The Morgan fingerprint density at radius 2 is 2.29 bits per heavy atom. The zero-order valence-corrected chi connectivity index (χ0v) is 12.0. The number of halogens is 2. The van der Waals surface area contributed by atoms with Gasteiger partial charge in [-0.15, -0.1) is 0 Å². The molecule has 1 aromatic rings. The largest absolute Gasteiger partial charge is 0.327 e. The minimum Gasteiger partial charge on any atom is -0.327 e. The second-order valence-corrected chi connectivity index (χ2v) is 5.22. The maximum absolute atomic E-state index is 11.7. The summed E-state index contributed by atoms with van der Waals surface area (Å²) < 4.78 is 0.805. The van der Waals surface area contributed by atoms with Crippen molar-refractivity contribution >= 4 is 39.1 Å². The van der Waals surface area contributed by atoms with Crippen LogP contribution in [0.3, 0.4) is 0 Å². The van der Waals surface area contributed by atoms with Crippen molar-refractivity contribution in [3.63, 3.8) is 0 Å². The lowest BCUT2D eigenvalue weighted by Crippen LogP contribution is -2.26. The molecule has 0 heterocycles.